The first-order valence-electron chi connectivity index (χ1n) is 6.84. The fraction of sp³-hybridized carbons (Fsp3) is 1.00. The Labute approximate surface area is 112 Å². The summed E-state index contributed by atoms with van der Waals surface area (Å²) in [5.41, 5.74) is -1.44. The second kappa shape index (κ2) is 2.62. The van der Waals surface area contributed by atoms with E-state index in [9.17, 15) is 8.42 Å². The van der Waals surface area contributed by atoms with E-state index in [-0.39, 0.29) is 17.1 Å². The van der Waals surface area contributed by atoms with Crippen LogP contribution in [0.15, 0.2) is 0 Å². The fourth-order valence-electron chi connectivity index (χ4n) is 5.60. The monoisotopic (exact) mass is 287 g/mol. The Bertz CT molecular complexity index is 595. The highest BCUT2D eigenvalue weighted by Crippen LogP contribution is 2.84. The van der Waals surface area contributed by atoms with Gasteiger partial charge in [0, 0.05) is 11.3 Å². The molecule has 2 aliphatic carbocycles. The molecule has 0 aromatic rings. The number of sulfonamides is 1. The van der Waals surface area contributed by atoms with Crippen LogP contribution < -0.4 is 0 Å². The third-order valence-electron chi connectivity index (χ3n) is 6.38. The van der Waals surface area contributed by atoms with Crippen molar-refractivity contribution in [1.29, 1.82) is 0 Å². The maximum Gasteiger partial charge on any atom is 0.242 e. The van der Waals surface area contributed by atoms with Crippen molar-refractivity contribution in [2.45, 2.75) is 38.2 Å². The molecule has 0 aromatic heterocycles. The van der Waals surface area contributed by atoms with Gasteiger partial charge in [-0.25, -0.2) is 13.3 Å². The maximum atomic E-state index is 12.3. The zero-order valence-corrected chi connectivity index (χ0v) is 11.8. The van der Waals surface area contributed by atoms with Crippen molar-refractivity contribution >= 4 is 10.0 Å². The summed E-state index contributed by atoms with van der Waals surface area (Å²) in [7, 11) is -3.35. The molecule has 5 aliphatic rings. The summed E-state index contributed by atoms with van der Waals surface area (Å²) in [6.07, 6.45) is 1.82. The number of hydrogen-bond acceptors (Lipinski definition) is 5. The Balaban J connectivity index is 1.83. The smallest absolute Gasteiger partial charge is 0.242 e. The number of hydroxylamine groups is 1. The van der Waals surface area contributed by atoms with Crippen LogP contribution in [0.5, 0.6) is 0 Å². The second-order valence-electron chi connectivity index (χ2n) is 6.98. The van der Waals surface area contributed by atoms with Gasteiger partial charge in [-0.15, -0.1) is 0 Å². The highest BCUT2D eigenvalue weighted by Gasteiger charge is 2.99. The van der Waals surface area contributed by atoms with E-state index in [2.05, 4.69) is 13.8 Å². The minimum Gasteiger partial charge on any atom is -0.343 e. The van der Waals surface area contributed by atoms with Gasteiger partial charge in [-0.2, -0.15) is 0 Å². The highest BCUT2D eigenvalue weighted by molar-refractivity contribution is 7.89. The molecule has 5 fully saturated rings. The molecule has 7 heteroatoms. The number of fused-ring (bicyclic) bond motifs is 2. The van der Waals surface area contributed by atoms with Gasteiger partial charge in [-0.1, -0.05) is 13.8 Å². The van der Waals surface area contributed by atoms with Crippen LogP contribution >= 0.6 is 0 Å². The Morgan fingerprint density at radius 1 is 1.21 bits per heavy atom. The molecule has 19 heavy (non-hydrogen) atoms. The van der Waals surface area contributed by atoms with Gasteiger partial charge in [0.15, 0.2) is 0 Å². The van der Waals surface area contributed by atoms with Gasteiger partial charge in [-0.05, 0) is 22.7 Å². The summed E-state index contributed by atoms with van der Waals surface area (Å²) in [4.78, 5) is 5.67. The average molecular weight is 287 g/mol. The van der Waals surface area contributed by atoms with E-state index in [4.69, 9.17) is 14.3 Å². The number of nitrogens with zero attached hydrogens (tertiary/aromatic N) is 1. The lowest BCUT2D eigenvalue weighted by Crippen LogP contribution is -2.55. The van der Waals surface area contributed by atoms with Gasteiger partial charge in [0.2, 0.25) is 21.5 Å². The maximum absolute atomic E-state index is 12.3. The predicted molar refractivity (Wildman–Crippen MR) is 63.0 cm³/mol. The zero-order chi connectivity index (χ0) is 13.3. The van der Waals surface area contributed by atoms with Crippen molar-refractivity contribution < 1.29 is 22.7 Å². The van der Waals surface area contributed by atoms with Gasteiger partial charge in [-0.3, -0.25) is 0 Å². The lowest BCUT2D eigenvalue weighted by atomic mass is 9.68. The summed E-state index contributed by atoms with van der Waals surface area (Å²) in [6.45, 7) is 5.32. The molecule has 1 unspecified atom stereocenters. The molecule has 3 heterocycles. The molecule has 2 saturated carbocycles. The van der Waals surface area contributed by atoms with Crippen LogP contribution in [-0.2, 0) is 24.3 Å². The van der Waals surface area contributed by atoms with E-state index in [1.54, 1.807) is 0 Å². The van der Waals surface area contributed by atoms with Crippen molar-refractivity contribution in [2.24, 2.45) is 16.7 Å². The van der Waals surface area contributed by atoms with E-state index in [1.165, 1.54) is 4.47 Å². The van der Waals surface area contributed by atoms with Crippen molar-refractivity contribution in [3.63, 3.8) is 0 Å². The molecule has 6 nitrogen and oxygen atoms in total. The van der Waals surface area contributed by atoms with Crippen molar-refractivity contribution in [1.82, 2.24) is 4.47 Å². The van der Waals surface area contributed by atoms with Gasteiger partial charge in [0.25, 0.3) is 0 Å². The molecule has 106 valence electrons. The first-order valence-corrected chi connectivity index (χ1v) is 8.45. The topological polar surface area (TPSA) is 68.1 Å². The first kappa shape index (κ1) is 11.4. The van der Waals surface area contributed by atoms with E-state index in [0.29, 0.717) is 13.2 Å². The van der Waals surface area contributed by atoms with Crippen LogP contribution in [0.3, 0.4) is 0 Å². The Kier molecular flexibility index (Phi) is 1.58. The van der Waals surface area contributed by atoms with Crippen LogP contribution in [0.4, 0.5) is 0 Å². The third-order valence-corrected chi connectivity index (χ3v) is 8.08. The van der Waals surface area contributed by atoms with Crippen LogP contribution in [0.1, 0.15) is 26.7 Å². The molecule has 3 saturated heterocycles. The van der Waals surface area contributed by atoms with Crippen molar-refractivity contribution in [2.75, 3.05) is 19.0 Å². The Hall–Kier alpha value is -0.210. The molecule has 0 amide bonds. The molecule has 2 bridgehead atoms. The summed E-state index contributed by atoms with van der Waals surface area (Å²) in [5.74, 6) is -0.515. The van der Waals surface area contributed by atoms with E-state index in [0.717, 1.165) is 12.8 Å². The lowest BCUT2D eigenvalue weighted by molar-refractivity contribution is -0.239. The summed E-state index contributed by atoms with van der Waals surface area (Å²) in [6, 6.07) is 0. The predicted octanol–water partition coefficient (Wildman–Crippen LogP) is 0.453. The molecule has 0 aromatic carbocycles. The van der Waals surface area contributed by atoms with Crippen LogP contribution in [0.25, 0.3) is 0 Å². The molecular weight excluding hydrogens is 270 g/mol. The van der Waals surface area contributed by atoms with Crippen molar-refractivity contribution in [3.05, 3.63) is 0 Å². The normalized spacial score (nSPS) is 57.4. The minimum absolute atomic E-state index is 0.157. The standard InChI is InChI=1S/C12H17NO5S/c1-9(2)8-3-4-10(9)7-19(14,15)13-12(10,18-13)11(8)16-5-6-17-11/h8H,3-7H2,1-2H3/t8-,10-,12+,13?/m0/s1. The molecule has 3 aliphatic heterocycles. The summed E-state index contributed by atoms with van der Waals surface area (Å²) < 4.78 is 37.7. The Morgan fingerprint density at radius 3 is 2.53 bits per heavy atom. The third kappa shape index (κ3) is 0.793. The number of hydrogen-bond donors (Lipinski definition) is 0. The lowest BCUT2D eigenvalue weighted by Gasteiger charge is -2.38. The SMILES string of the molecule is CC1(C)[C@@H]2CC[C@]13CS(=O)(=O)N1O[C@]13C21OCCO1. The molecule has 0 radical (unpaired) electrons. The molecule has 3 spiro atoms. The molecule has 0 N–H and O–H groups in total. The van der Waals surface area contributed by atoms with Crippen LogP contribution in [-0.4, -0.2) is 43.4 Å². The van der Waals surface area contributed by atoms with Crippen LogP contribution in [0, 0.1) is 16.7 Å². The van der Waals surface area contributed by atoms with Gasteiger partial charge in [0.1, 0.15) is 0 Å². The average Bonchev–Trinajstić information content (AvgIpc) is 2.69. The first-order chi connectivity index (χ1) is 8.84. The van der Waals surface area contributed by atoms with E-state index < -0.39 is 27.0 Å². The molecule has 5 rings (SSSR count). The number of ether oxygens (including phenoxy) is 2. The highest BCUT2D eigenvalue weighted by atomic mass is 32.2. The Morgan fingerprint density at radius 2 is 1.89 bits per heavy atom. The molecular formula is C12H17NO5S. The number of rotatable bonds is 0. The van der Waals surface area contributed by atoms with E-state index >= 15 is 0 Å². The van der Waals surface area contributed by atoms with E-state index in [1.807, 2.05) is 0 Å². The fourth-order valence-corrected chi connectivity index (χ4v) is 7.97. The minimum atomic E-state index is -3.35. The zero-order valence-electron chi connectivity index (χ0n) is 11.0. The summed E-state index contributed by atoms with van der Waals surface area (Å²) in [5, 5.41) is 0. The van der Waals surface area contributed by atoms with Gasteiger partial charge >= 0.3 is 0 Å². The quantitative estimate of drug-likeness (QED) is 0.605. The molecule has 4 atom stereocenters. The van der Waals surface area contributed by atoms with Gasteiger partial charge < -0.3 is 9.47 Å². The summed E-state index contributed by atoms with van der Waals surface area (Å²) >= 11 is 0. The second-order valence-corrected chi connectivity index (χ2v) is 8.76. The van der Waals surface area contributed by atoms with Gasteiger partial charge in [0.05, 0.1) is 19.0 Å². The largest absolute Gasteiger partial charge is 0.343 e. The van der Waals surface area contributed by atoms with Crippen LogP contribution in [0.2, 0.25) is 0 Å². The van der Waals surface area contributed by atoms with Crippen molar-refractivity contribution in [3.8, 4) is 0 Å².